The third-order valence-corrected chi connectivity index (χ3v) is 4.56. The van der Waals surface area contributed by atoms with Crippen LogP contribution in [-0.4, -0.2) is 33.8 Å². The topological polar surface area (TPSA) is 87.3 Å². The fourth-order valence-corrected chi connectivity index (χ4v) is 3.17. The maximum atomic E-state index is 12.2. The SMILES string of the molecule is CCC1=NN2C(=N)C(=Cc3ccc4c(c3)OCO4)C(=O)N=C2S1. The fourth-order valence-electron chi connectivity index (χ4n) is 2.34. The van der Waals surface area contributed by atoms with Crippen LogP contribution in [0.3, 0.4) is 0 Å². The van der Waals surface area contributed by atoms with Gasteiger partial charge < -0.3 is 9.47 Å². The van der Waals surface area contributed by atoms with Crippen LogP contribution in [0.25, 0.3) is 6.08 Å². The fraction of sp³-hybridized carbons (Fsp3) is 0.200. The number of amidine groups is 2. The molecule has 23 heavy (non-hydrogen) atoms. The molecule has 0 bridgehead atoms. The minimum absolute atomic E-state index is 0.0358. The Bertz CT molecular complexity index is 828. The lowest BCUT2D eigenvalue weighted by atomic mass is 10.1. The molecule has 1 aromatic carbocycles. The molecule has 0 fully saturated rings. The van der Waals surface area contributed by atoms with Gasteiger partial charge in [0.15, 0.2) is 17.3 Å². The summed E-state index contributed by atoms with van der Waals surface area (Å²) in [4.78, 5) is 16.3. The smallest absolute Gasteiger partial charge is 0.283 e. The molecule has 7 nitrogen and oxygen atoms in total. The molecule has 1 aromatic rings. The van der Waals surface area contributed by atoms with E-state index in [1.54, 1.807) is 24.3 Å². The van der Waals surface area contributed by atoms with Crippen molar-refractivity contribution in [1.29, 1.82) is 5.41 Å². The minimum atomic E-state index is -0.432. The highest BCUT2D eigenvalue weighted by molar-refractivity contribution is 8.26. The lowest BCUT2D eigenvalue weighted by molar-refractivity contribution is -0.114. The Balaban J connectivity index is 1.70. The molecule has 3 aliphatic rings. The summed E-state index contributed by atoms with van der Waals surface area (Å²) >= 11 is 1.33. The van der Waals surface area contributed by atoms with E-state index in [1.165, 1.54) is 16.8 Å². The second kappa shape index (κ2) is 5.24. The van der Waals surface area contributed by atoms with Gasteiger partial charge in [0.2, 0.25) is 12.0 Å². The van der Waals surface area contributed by atoms with Crippen molar-refractivity contribution in [2.45, 2.75) is 13.3 Å². The quantitative estimate of drug-likeness (QED) is 0.843. The molecule has 0 saturated carbocycles. The first-order valence-electron chi connectivity index (χ1n) is 7.04. The summed E-state index contributed by atoms with van der Waals surface area (Å²) in [6.07, 6.45) is 2.36. The van der Waals surface area contributed by atoms with Gasteiger partial charge in [-0.25, -0.2) is 0 Å². The number of hydrogen-bond acceptors (Lipinski definition) is 6. The summed E-state index contributed by atoms with van der Waals surface area (Å²) in [5.41, 5.74) is 0.946. The van der Waals surface area contributed by atoms with Crippen molar-refractivity contribution in [2.75, 3.05) is 6.79 Å². The zero-order valence-electron chi connectivity index (χ0n) is 12.2. The molecule has 0 aliphatic carbocycles. The van der Waals surface area contributed by atoms with Crippen molar-refractivity contribution in [1.82, 2.24) is 5.01 Å². The monoisotopic (exact) mass is 328 g/mol. The number of nitrogens with one attached hydrogen (secondary N) is 1. The number of hydrazone groups is 1. The Morgan fingerprint density at radius 2 is 2.22 bits per heavy atom. The molecule has 1 N–H and O–H groups in total. The average Bonchev–Trinajstić information content (AvgIpc) is 3.17. The van der Waals surface area contributed by atoms with Gasteiger partial charge in [-0.1, -0.05) is 13.0 Å². The van der Waals surface area contributed by atoms with Crippen LogP contribution in [0.4, 0.5) is 0 Å². The van der Waals surface area contributed by atoms with E-state index in [-0.39, 0.29) is 18.2 Å². The van der Waals surface area contributed by atoms with Crippen LogP contribution in [0.5, 0.6) is 11.5 Å². The number of carbonyl (C=O) groups is 1. The van der Waals surface area contributed by atoms with E-state index in [2.05, 4.69) is 10.1 Å². The van der Waals surface area contributed by atoms with Crippen LogP contribution in [0.1, 0.15) is 18.9 Å². The zero-order chi connectivity index (χ0) is 16.0. The molecule has 0 unspecified atom stereocenters. The molecular formula is C15H12N4O3S. The van der Waals surface area contributed by atoms with E-state index in [0.29, 0.717) is 16.7 Å². The van der Waals surface area contributed by atoms with Crippen LogP contribution >= 0.6 is 11.8 Å². The lowest BCUT2D eigenvalue weighted by Crippen LogP contribution is -2.35. The Kier molecular flexibility index (Phi) is 3.19. The third-order valence-electron chi connectivity index (χ3n) is 3.51. The number of benzene rings is 1. The van der Waals surface area contributed by atoms with E-state index >= 15 is 0 Å². The van der Waals surface area contributed by atoms with Crippen LogP contribution in [-0.2, 0) is 4.79 Å². The van der Waals surface area contributed by atoms with E-state index in [0.717, 1.165) is 17.0 Å². The molecule has 1 amide bonds. The van der Waals surface area contributed by atoms with Gasteiger partial charge in [0.25, 0.3) is 5.91 Å². The number of hydrogen-bond donors (Lipinski definition) is 1. The summed E-state index contributed by atoms with van der Waals surface area (Å²) < 4.78 is 10.6. The molecule has 0 atom stereocenters. The van der Waals surface area contributed by atoms with Crippen molar-refractivity contribution < 1.29 is 14.3 Å². The predicted octanol–water partition coefficient (Wildman–Crippen LogP) is 2.44. The van der Waals surface area contributed by atoms with Gasteiger partial charge in [-0.2, -0.15) is 15.1 Å². The Morgan fingerprint density at radius 1 is 1.39 bits per heavy atom. The average molecular weight is 328 g/mol. The largest absolute Gasteiger partial charge is 0.454 e. The molecule has 0 saturated heterocycles. The number of aliphatic imine (C=N–C) groups is 1. The summed E-state index contributed by atoms with van der Waals surface area (Å²) in [5.74, 6) is 0.902. The maximum absolute atomic E-state index is 12.2. The predicted molar refractivity (Wildman–Crippen MR) is 87.9 cm³/mol. The maximum Gasteiger partial charge on any atom is 0.283 e. The van der Waals surface area contributed by atoms with Crippen molar-refractivity contribution in [3.63, 3.8) is 0 Å². The first kappa shape index (κ1) is 14.0. The highest BCUT2D eigenvalue weighted by Crippen LogP contribution is 2.34. The molecule has 3 heterocycles. The van der Waals surface area contributed by atoms with E-state index in [9.17, 15) is 4.79 Å². The number of amides is 1. The van der Waals surface area contributed by atoms with Crippen LogP contribution < -0.4 is 9.47 Å². The zero-order valence-corrected chi connectivity index (χ0v) is 13.0. The number of rotatable bonds is 2. The van der Waals surface area contributed by atoms with E-state index < -0.39 is 5.91 Å². The van der Waals surface area contributed by atoms with Gasteiger partial charge in [0.1, 0.15) is 5.04 Å². The number of carbonyl (C=O) groups excluding carboxylic acids is 1. The number of ether oxygens (including phenoxy) is 2. The highest BCUT2D eigenvalue weighted by atomic mass is 32.2. The van der Waals surface area contributed by atoms with E-state index in [4.69, 9.17) is 14.9 Å². The summed E-state index contributed by atoms with van der Waals surface area (Å²) in [5, 5.41) is 15.3. The summed E-state index contributed by atoms with van der Waals surface area (Å²) in [7, 11) is 0. The second-order valence-electron chi connectivity index (χ2n) is 4.98. The molecular weight excluding hydrogens is 316 g/mol. The van der Waals surface area contributed by atoms with Gasteiger partial charge >= 0.3 is 0 Å². The Labute approximate surface area is 136 Å². The second-order valence-corrected chi connectivity index (χ2v) is 6.02. The number of fused-ring (bicyclic) bond motifs is 2. The standard InChI is InChI=1S/C15H12N4O3S/c1-2-12-18-19-13(16)9(14(20)17-15(19)23-12)5-8-3-4-10-11(6-8)22-7-21-10/h3-6,16H,2,7H2,1H3. The van der Waals surface area contributed by atoms with Crippen LogP contribution in [0.2, 0.25) is 0 Å². The normalized spacial score (nSPS) is 20.7. The molecule has 3 aliphatic heterocycles. The Morgan fingerprint density at radius 3 is 3.04 bits per heavy atom. The van der Waals surface area contributed by atoms with Gasteiger partial charge in [0, 0.05) is 0 Å². The van der Waals surface area contributed by atoms with Crippen LogP contribution in [0, 0.1) is 5.41 Å². The molecule has 116 valence electrons. The minimum Gasteiger partial charge on any atom is -0.454 e. The Hall–Kier alpha value is -2.61. The van der Waals surface area contributed by atoms with Crippen molar-refractivity contribution >= 4 is 39.8 Å². The molecule has 8 heteroatoms. The number of thioether (sulfide) groups is 1. The van der Waals surface area contributed by atoms with Gasteiger partial charge in [0.05, 0.1) is 5.57 Å². The van der Waals surface area contributed by atoms with Crippen LogP contribution in [0.15, 0.2) is 33.9 Å². The van der Waals surface area contributed by atoms with Gasteiger partial charge in [-0.3, -0.25) is 10.2 Å². The molecule has 0 aromatic heterocycles. The van der Waals surface area contributed by atoms with Gasteiger partial charge in [-0.05, 0) is 42.0 Å². The third kappa shape index (κ3) is 2.31. The van der Waals surface area contributed by atoms with Crippen molar-refractivity contribution in [3.05, 3.63) is 29.3 Å². The molecule has 0 radical (unpaired) electrons. The van der Waals surface area contributed by atoms with E-state index in [1.807, 2.05) is 6.92 Å². The first-order valence-corrected chi connectivity index (χ1v) is 7.86. The highest BCUT2D eigenvalue weighted by Gasteiger charge is 2.35. The summed E-state index contributed by atoms with van der Waals surface area (Å²) in [6, 6.07) is 5.35. The lowest BCUT2D eigenvalue weighted by Gasteiger charge is -2.20. The van der Waals surface area contributed by atoms with Gasteiger partial charge in [-0.15, -0.1) is 0 Å². The summed E-state index contributed by atoms with van der Waals surface area (Å²) in [6.45, 7) is 2.16. The van der Waals surface area contributed by atoms with Crippen molar-refractivity contribution in [2.24, 2.45) is 10.1 Å². The first-order chi connectivity index (χ1) is 11.2. The molecule has 4 rings (SSSR count). The van der Waals surface area contributed by atoms with Crippen molar-refractivity contribution in [3.8, 4) is 11.5 Å². The molecule has 0 spiro atoms. The number of nitrogens with zero attached hydrogens (tertiary/aromatic N) is 3.